The largest absolute Gasteiger partial charge is 0.493 e. The van der Waals surface area contributed by atoms with E-state index in [-0.39, 0.29) is 30.2 Å². The molecule has 0 spiro atoms. The number of alkyl halides is 3. The summed E-state index contributed by atoms with van der Waals surface area (Å²) < 4.78 is 41.2. The van der Waals surface area contributed by atoms with Crippen molar-refractivity contribution in [2.45, 2.75) is 63.5 Å². The summed E-state index contributed by atoms with van der Waals surface area (Å²) in [6.07, 6.45) is -2.56. The van der Waals surface area contributed by atoms with Crippen LogP contribution >= 0.6 is 11.8 Å². The Morgan fingerprint density at radius 3 is 2.22 bits per heavy atom. The number of nitrogens with two attached hydrogens (primary N) is 1. The van der Waals surface area contributed by atoms with Crippen LogP contribution in [0.4, 0.5) is 24.7 Å². The summed E-state index contributed by atoms with van der Waals surface area (Å²) in [5.74, 6) is -3.36. The van der Waals surface area contributed by atoms with Gasteiger partial charge in [-0.15, -0.1) is 11.8 Å². The zero-order valence-electron chi connectivity index (χ0n) is 23.5. The van der Waals surface area contributed by atoms with Crippen molar-refractivity contribution < 1.29 is 27.6 Å². The summed E-state index contributed by atoms with van der Waals surface area (Å²) >= 11 is 1.14. The Balaban J connectivity index is 2.29. The van der Waals surface area contributed by atoms with Gasteiger partial charge in [-0.2, -0.15) is 18.2 Å². The van der Waals surface area contributed by atoms with Crippen LogP contribution in [0.15, 0.2) is 51.6 Å². The number of fused-ring (bicyclic) bond motifs is 1. The van der Waals surface area contributed by atoms with Crippen molar-refractivity contribution >= 4 is 35.0 Å². The molecule has 224 valence electrons. The SMILES string of the molecule is CCC(CC)(CN)SC1N(CC=C(C)C)c2c(n(C)c(=O)n(CC(=O)c3ccccc3)c2=O)N1OC(=O)C(F)(F)F. The first-order valence-corrected chi connectivity index (χ1v) is 13.9. The molecule has 3 rings (SSSR count). The van der Waals surface area contributed by atoms with Crippen LogP contribution < -0.4 is 26.9 Å². The number of rotatable bonds is 11. The Bertz CT molecular complexity index is 1420. The Labute approximate surface area is 239 Å². The predicted molar refractivity (Wildman–Crippen MR) is 152 cm³/mol. The lowest BCUT2D eigenvalue weighted by Gasteiger charge is -2.38. The summed E-state index contributed by atoms with van der Waals surface area (Å²) in [6.45, 7) is 6.92. The maximum absolute atomic E-state index is 13.9. The first-order chi connectivity index (χ1) is 19.2. The van der Waals surface area contributed by atoms with Crippen LogP contribution in [0, 0.1) is 0 Å². The third kappa shape index (κ3) is 6.53. The van der Waals surface area contributed by atoms with Crippen LogP contribution in [0.1, 0.15) is 50.9 Å². The predicted octanol–water partition coefficient (Wildman–Crippen LogP) is 3.58. The van der Waals surface area contributed by atoms with Crippen molar-refractivity contribution in [3.05, 3.63) is 68.4 Å². The molecule has 1 aliphatic heterocycles. The van der Waals surface area contributed by atoms with Gasteiger partial charge in [-0.1, -0.05) is 55.8 Å². The van der Waals surface area contributed by atoms with E-state index in [4.69, 9.17) is 10.6 Å². The summed E-state index contributed by atoms with van der Waals surface area (Å²) in [7, 11) is 1.24. The molecule has 0 saturated heterocycles. The highest BCUT2D eigenvalue weighted by atomic mass is 32.2. The number of allylic oxidation sites excluding steroid dienone is 1. The molecular formula is C27H34F3N5O5S. The highest BCUT2D eigenvalue weighted by molar-refractivity contribution is 8.01. The molecule has 14 heteroatoms. The monoisotopic (exact) mass is 597 g/mol. The second kappa shape index (κ2) is 12.6. The minimum absolute atomic E-state index is 0.0290. The Morgan fingerprint density at radius 1 is 1.10 bits per heavy atom. The van der Waals surface area contributed by atoms with Gasteiger partial charge < -0.3 is 15.5 Å². The number of benzene rings is 1. The quantitative estimate of drug-likeness (QED) is 0.306. The Kier molecular flexibility index (Phi) is 9.80. The number of aromatic nitrogens is 2. The van der Waals surface area contributed by atoms with E-state index in [2.05, 4.69) is 0 Å². The molecule has 0 saturated carbocycles. The lowest BCUT2D eigenvalue weighted by Crippen LogP contribution is -2.49. The standard InChI is InChI=1S/C27H34F3N5O5S/c1-6-26(7-2,16-31)41-25-33(14-13-17(3)4)20-21(35(25)40-23(38)27(28,29)30)32(5)24(39)34(22(20)37)15-19(36)18-11-9-8-10-12-18/h8-13,25H,6-7,14-16,31H2,1-5H3. The number of halogens is 3. The maximum atomic E-state index is 13.9. The molecule has 0 radical (unpaired) electrons. The molecule has 2 N–H and O–H groups in total. The molecule has 10 nitrogen and oxygen atoms in total. The van der Waals surface area contributed by atoms with Crippen molar-refractivity contribution in [3.63, 3.8) is 0 Å². The van der Waals surface area contributed by atoms with Gasteiger partial charge in [0.15, 0.2) is 22.8 Å². The van der Waals surface area contributed by atoms with Crippen LogP contribution in [0.25, 0.3) is 0 Å². The molecule has 1 aliphatic rings. The van der Waals surface area contributed by atoms with E-state index in [0.29, 0.717) is 17.9 Å². The zero-order chi connectivity index (χ0) is 30.7. The van der Waals surface area contributed by atoms with Crippen LogP contribution in [0.2, 0.25) is 0 Å². The maximum Gasteiger partial charge on any atom is 0.493 e. The topological polar surface area (TPSA) is 120 Å². The number of carbonyl (C=O) groups is 2. The summed E-state index contributed by atoms with van der Waals surface area (Å²) in [4.78, 5) is 58.7. The van der Waals surface area contributed by atoms with Crippen LogP contribution in [0.5, 0.6) is 0 Å². The molecule has 0 fully saturated rings. The molecule has 1 aromatic heterocycles. The van der Waals surface area contributed by atoms with E-state index in [1.54, 1.807) is 50.3 Å². The summed E-state index contributed by atoms with van der Waals surface area (Å²) in [5.41, 5.74) is 3.98. The number of nitrogens with zero attached hydrogens (tertiary/aromatic N) is 4. The highest BCUT2D eigenvalue weighted by Crippen LogP contribution is 2.46. The number of ketones is 1. The fourth-order valence-corrected chi connectivity index (χ4v) is 5.80. The minimum atomic E-state index is -5.35. The molecule has 2 heterocycles. The zero-order valence-corrected chi connectivity index (χ0v) is 24.3. The third-order valence-electron chi connectivity index (χ3n) is 6.98. The van der Waals surface area contributed by atoms with Gasteiger partial charge in [0.2, 0.25) is 0 Å². The van der Waals surface area contributed by atoms with E-state index < -0.39 is 46.0 Å². The van der Waals surface area contributed by atoms with Gasteiger partial charge >= 0.3 is 17.8 Å². The number of Topliss-reactive ketones (excluding diaryl/α,β-unsaturated/α-hetero) is 1. The molecule has 1 aromatic carbocycles. The van der Waals surface area contributed by atoms with Crippen LogP contribution in [-0.2, 0) is 23.2 Å². The van der Waals surface area contributed by atoms with E-state index in [1.807, 2.05) is 13.8 Å². The molecule has 0 amide bonds. The van der Waals surface area contributed by atoms with E-state index >= 15 is 0 Å². The number of thioether (sulfide) groups is 1. The summed E-state index contributed by atoms with van der Waals surface area (Å²) in [5, 5.41) is 0.663. The number of hydrogen-bond donors (Lipinski definition) is 1. The highest BCUT2D eigenvalue weighted by Gasteiger charge is 2.50. The van der Waals surface area contributed by atoms with Crippen molar-refractivity contribution in [2.24, 2.45) is 12.8 Å². The Morgan fingerprint density at radius 2 is 1.71 bits per heavy atom. The molecule has 2 aromatic rings. The van der Waals surface area contributed by atoms with Crippen molar-refractivity contribution in [1.29, 1.82) is 0 Å². The molecule has 0 bridgehead atoms. The molecule has 0 aliphatic carbocycles. The van der Waals surface area contributed by atoms with Gasteiger partial charge in [-0.05, 0) is 26.7 Å². The normalized spacial score (nSPS) is 15.1. The minimum Gasteiger partial charge on any atom is -0.329 e. The van der Waals surface area contributed by atoms with Gasteiger partial charge in [-0.3, -0.25) is 18.7 Å². The van der Waals surface area contributed by atoms with E-state index in [0.717, 1.165) is 26.5 Å². The molecule has 1 atom stereocenters. The smallest absolute Gasteiger partial charge is 0.329 e. The lowest BCUT2D eigenvalue weighted by molar-refractivity contribution is -0.201. The van der Waals surface area contributed by atoms with Gasteiger partial charge in [0.05, 0.1) is 6.54 Å². The van der Waals surface area contributed by atoms with Gasteiger partial charge in [0.1, 0.15) is 0 Å². The average Bonchev–Trinajstić information content (AvgIpc) is 3.23. The molecule has 41 heavy (non-hydrogen) atoms. The fourth-order valence-electron chi connectivity index (χ4n) is 4.36. The number of hydrogen-bond acceptors (Lipinski definition) is 9. The van der Waals surface area contributed by atoms with E-state index in [1.165, 1.54) is 11.9 Å². The van der Waals surface area contributed by atoms with Crippen LogP contribution in [0.3, 0.4) is 0 Å². The summed E-state index contributed by atoms with van der Waals surface area (Å²) in [6, 6.07) is 8.06. The number of anilines is 2. The van der Waals surface area contributed by atoms with Crippen molar-refractivity contribution in [2.75, 3.05) is 23.1 Å². The second-order valence-electron chi connectivity index (χ2n) is 9.87. The first kappa shape index (κ1) is 32.0. The van der Waals surface area contributed by atoms with Gasteiger partial charge in [0, 0.05) is 30.4 Å². The number of carbonyl (C=O) groups excluding carboxylic acids is 2. The van der Waals surface area contributed by atoms with Crippen molar-refractivity contribution in [3.8, 4) is 0 Å². The molecular weight excluding hydrogens is 563 g/mol. The molecule has 1 unspecified atom stereocenters. The van der Waals surface area contributed by atoms with Gasteiger partial charge in [0.25, 0.3) is 5.56 Å². The Hall–Kier alpha value is -3.52. The van der Waals surface area contributed by atoms with Crippen molar-refractivity contribution in [1.82, 2.24) is 9.13 Å². The van der Waals surface area contributed by atoms with E-state index in [9.17, 15) is 32.3 Å². The lowest BCUT2D eigenvalue weighted by atomic mass is 10.0. The average molecular weight is 598 g/mol. The number of hydroxylamine groups is 1. The van der Waals surface area contributed by atoms with Crippen LogP contribution in [-0.4, -0.2) is 50.4 Å². The third-order valence-corrected chi connectivity index (χ3v) is 8.88. The fraction of sp³-hybridized carbons (Fsp3) is 0.481. The first-order valence-electron chi connectivity index (χ1n) is 13.0. The van der Waals surface area contributed by atoms with Gasteiger partial charge in [-0.25, -0.2) is 9.59 Å². The second-order valence-corrected chi connectivity index (χ2v) is 11.4.